The van der Waals surface area contributed by atoms with Gasteiger partial charge in [-0.3, -0.25) is 4.79 Å². The molecule has 2 rings (SSSR count). The molecule has 1 unspecified atom stereocenters. The average molecular weight is 273 g/mol. The lowest BCUT2D eigenvalue weighted by molar-refractivity contribution is -0.130. The molecule has 1 N–H and O–H groups in total. The molecule has 2 heterocycles. The molecular weight excluding hydrogens is 256 g/mol. The fraction of sp³-hybridized carbons (Fsp3) is 0.727. The minimum atomic E-state index is -0.328. The second-order valence-electron chi connectivity index (χ2n) is 4.36. The van der Waals surface area contributed by atoms with E-state index in [9.17, 15) is 4.79 Å². The Bertz CT molecular complexity index is 402. The quantitative estimate of drug-likeness (QED) is 0.846. The Kier molecular flexibility index (Phi) is 4.41. The SMILES string of the molecule is CC(Cl)c1nnc(NCC(=O)N2CCCCC2)o1. The minimum absolute atomic E-state index is 0.0633. The van der Waals surface area contributed by atoms with E-state index in [1.54, 1.807) is 6.92 Å². The van der Waals surface area contributed by atoms with E-state index >= 15 is 0 Å². The largest absolute Gasteiger partial charge is 0.406 e. The minimum Gasteiger partial charge on any atom is -0.406 e. The average Bonchev–Trinajstić information content (AvgIpc) is 2.86. The van der Waals surface area contributed by atoms with E-state index in [0.29, 0.717) is 5.89 Å². The summed E-state index contributed by atoms with van der Waals surface area (Å²) in [5.74, 6) is 0.415. The lowest BCUT2D eigenvalue weighted by Crippen LogP contribution is -2.39. The highest BCUT2D eigenvalue weighted by Crippen LogP contribution is 2.19. The number of nitrogens with one attached hydrogen (secondary N) is 1. The summed E-state index contributed by atoms with van der Waals surface area (Å²) in [5.41, 5.74) is 0. The van der Waals surface area contributed by atoms with E-state index in [0.717, 1.165) is 25.9 Å². The molecule has 6 nitrogen and oxygen atoms in total. The van der Waals surface area contributed by atoms with Crippen LogP contribution in [0.1, 0.15) is 37.5 Å². The van der Waals surface area contributed by atoms with Crippen LogP contribution in [0, 0.1) is 0 Å². The van der Waals surface area contributed by atoms with Crippen molar-refractivity contribution < 1.29 is 9.21 Å². The molecule has 0 aromatic carbocycles. The number of amides is 1. The molecule has 0 radical (unpaired) electrons. The Morgan fingerprint density at radius 2 is 2.17 bits per heavy atom. The number of likely N-dealkylation sites (tertiary alicyclic amines) is 1. The molecule has 0 aliphatic carbocycles. The third-order valence-electron chi connectivity index (χ3n) is 2.88. The lowest BCUT2D eigenvalue weighted by atomic mass is 10.1. The van der Waals surface area contributed by atoms with Gasteiger partial charge in [0.25, 0.3) is 0 Å². The Morgan fingerprint density at radius 1 is 1.44 bits per heavy atom. The summed E-state index contributed by atoms with van der Waals surface area (Å²) in [5, 5.41) is 10.0. The summed E-state index contributed by atoms with van der Waals surface area (Å²) in [6.07, 6.45) is 3.37. The van der Waals surface area contributed by atoms with Crippen molar-refractivity contribution in [3.8, 4) is 0 Å². The number of anilines is 1. The first kappa shape index (κ1) is 13.1. The second kappa shape index (κ2) is 6.04. The van der Waals surface area contributed by atoms with Crippen molar-refractivity contribution in [2.24, 2.45) is 0 Å². The number of carbonyl (C=O) groups excluding carboxylic acids is 1. The van der Waals surface area contributed by atoms with E-state index in [1.165, 1.54) is 6.42 Å². The molecule has 0 bridgehead atoms. The van der Waals surface area contributed by atoms with Crippen molar-refractivity contribution in [2.75, 3.05) is 25.0 Å². The fourth-order valence-corrected chi connectivity index (χ4v) is 1.96. The van der Waals surface area contributed by atoms with Gasteiger partial charge < -0.3 is 14.6 Å². The Labute approximate surface area is 111 Å². The second-order valence-corrected chi connectivity index (χ2v) is 5.01. The highest BCUT2D eigenvalue weighted by molar-refractivity contribution is 6.20. The predicted molar refractivity (Wildman–Crippen MR) is 67.5 cm³/mol. The monoisotopic (exact) mass is 272 g/mol. The normalized spacial score (nSPS) is 17.6. The third kappa shape index (κ3) is 3.35. The van der Waals surface area contributed by atoms with Gasteiger partial charge in [-0.05, 0) is 26.2 Å². The molecule has 1 aliphatic heterocycles. The molecule has 1 fully saturated rings. The van der Waals surface area contributed by atoms with Crippen LogP contribution in [0.5, 0.6) is 0 Å². The number of halogens is 1. The van der Waals surface area contributed by atoms with Crippen molar-refractivity contribution in [2.45, 2.75) is 31.6 Å². The maximum atomic E-state index is 11.9. The zero-order valence-corrected chi connectivity index (χ0v) is 11.1. The smallest absolute Gasteiger partial charge is 0.315 e. The van der Waals surface area contributed by atoms with Crippen molar-refractivity contribution >= 4 is 23.5 Å². The molecule has 1 atom stereocenters. The van der Waals surface area contributed by atoms with Crippen LogP contribution in [-0.4, -0.2) is 40.6 Å². The van der Waals surface area contributed by atoms with Crippen molar-refractivity contribution in [1.82, 2.24) is 15.1 Å². The number of hydrogen-bond acceptors (Lipinski definition) is 5. The number of nitrogens with zero attached hydrogens (tertiary/aromatic N) is 3. The third-order valence-corrected chi connectivity index (χ3v) is 3.07. The molecule has 0 spiro atoms. The van der Waals surface area contributed by atoms with Gasteiger partial charge >= 0.3 is 6.01 Å². The molecule has 1 aliphatic rings. The maximum absolute atomic E-state index is 11.9. The number of carbonyl (C=O) groups is 1. The Morgan fingerprint density at radius 3 is 2.78 bits per heavy atom. The van der Waals surface area contributed by atoms with Crippen LogP contribution in [0.3, 0.4) is 0 Å². The van der Waals surface area contributed by atoms with Crippen molar-refractivity contribution in [3.05, 3.63) is 5.89 Å². The number of aromatic nitrogens is 2. The number of hydrogen-bond donors (Lipinski definition) is 1. The summed E-state index contributed by atoms with van der Waals surface area (Å²) in [6.45, 7) is 3.61. The van der Waals surface area contributed by atoms with Crippen LogP contribution in [0.25, 0.3) is 0 Å². The van der Waals surface area contributed by atoms with Gasteiger partial charge in [0.1, 0.15) is 5.38 Å². The van der Waals surface area contributed by atoms with Gasteiger partial charge in [-0.2, -0.15) is 0 Å². The zero-order valence-electron chi connectivity index (χ0n) is 10.4. The van der Waals surface area contributed by atoms with Crippen LogP contribution < -0.4 is 5.32 Å². The predicted octanol–water partition coefficient (Wildman–Crippen LogP) is 1.79. The van der Waals surface area contributed by atoms with Crippen LogP contribution in [0.15, 0.2) is 4.42 Å². The van der Waals surface area contributed by atoms with Crippen LogP contribution in [-0.2, 0) is 4.79 Å². The van der Waals surface area contributed by atoms with Crippen molar-refractivity contribution in [1.29, 1.82) is 0 Å². The van der Waals surface area contributed by atoms with E-state index in [2.05, 4.69) is 15.5 Å². The van der Waals surface area contributed by atoms with E-state index in [1.807, 2.05) is 4.90 Å². The molecule has 7 heteroatoms. The fourth-order valence-electron chi connectivity index (χ4n) is 1.87. The first-order chi connectivity index (χ1) is 8.66. The van der Waals surface area contributed by atoms with Crippen LogP contribution in [0.4, 0.5) is 6.01 Å². The molecule has 0 saturated carbocycles. The number of piperidine rings is 1. The maximum Gasteiger partial charge on any atom is 0.315 e. The summed E-state index contributed by atoms with van der Waals surface area (Å²) >= 11 is 5.80. The zero-order chi connectivity index (χ0) is 13.0. The molecule has 1 aromatic heterocycles. The summed E-state index contributed by atoms with van der Waals surface area (Å²) in [4.78, 5) is 13.7. The van der Waals surface area contributed by atoms with Crippen molar-refractivity contribution in [3.63, 3.8) is 0 Å². The first-order valence-corrected chi connectivity index (χ1v) is 6.59. The van der Waals surface area contributed by atoms with E-state index in [4.69, 9.17) is 16.0 Å². The number of rotatable bonds is 4. The summed E-state index contributed by atoms with van der Waals surface area (Å²) in [6, 6.07) is 0.239. The van der Waals surface area contributed by atoms with Gasteiger partial charge in [0, 0.05) is 13.1 Å². The molecular formula is C11H17ClN4O2. The van der Waals surface area contributed by atoms with Gasteiger partial charge in [0.2, 0.25) is 11.8 Å². The molecule has 18 heavy (non-hydrogen) atoms. The van der Waals surface area contributed by atoms with Gasteiger partial charge in [-0.1, -0.05) is 5.10 Å². The Hall–Kier alpha value is -1.30. The van der Waals surface area contributed by atoms with Gasteiger partial charge in [-0.25, -0.2) is 0 Å². The van der Waals surface area contributed by atoms with Gasteiger partial charge in [-0.15, -0.1) is 16.7 Å². The van der Waals surface area contributed by atoms with Gasteiger partial charge in [0.15, 0.2) is 0 Å². The molecule has 1 aromatic rings. The first-order valence-electron chi connectivity index (χ1n) is 6.16. The van der Waals surface area contributed by atoms with E-state index < -0.39 is 0 Å². The van der Waals surface area contributed by atoms with E-state index in [-0.39, 0.29) is 23.8 Å². The summed E-state index contributed by atoms with van der Waals surface area (Å²) in [7, 11) is 0. The standard InChI is InChI=1S/C11H17ClN4O2/c1-8(12)10-14-15-11(18-10)13-7-9(17)16-5-3-2-4-6-16/h8H,2-7H2,1H3,(H,13,15). The molecule has 100 valence electrons. The van der Waals surface area contributed by atoms with Gasteiger partial charge in [0.05, 0.1) is 6.54 Å². The molecule has 1 amide bonds. The molecule has 1 saturated heterocycles. The topological polar surface area (TPSA) is 71.3 Å². The highest BCUT2D eigenvalue weighted by Gasteiger charge is 2.17. The summed E-state index contributed by atoms with van der Waals surface area (Å²) < 4.78 is 5.25. The van der Waals surface area contributed by atoms with Crippen LogP contribution >= 0.6 is 11.6 Å². The van der Waals surface area contributed by atoms with Crippen LogP contribution in [0.2, 0.25) is 0 Å². The Balaban J connectivity index is 1.81. The lowest BCUT2D eigenvalue weighted by Gasteiger charge is -2.26. The highest BCUT2D eigenvalue weighted by atomic mass is 35.5. The number of alkyl halides is 1.